The number of hydrogen-bond donors (Lipinski definition) is 0. The number of amides is 1. The molecule has 0 aliphatic carbocycles. The topological polar surface area (TPSA) is 87.2 Å². The summed E-state index contributed by atoms with van der Waals surface area (Å²) in [5.74, 6) is -0.519. The van der Waals surface area contributed by atoms with Crippen LogP contribution in [-0.2, 0) is 25.4 Å². The Kier molecular flexibility index (Phi) is 9.52. The summed E-state index contributed by atoms with van der Waals surface area (Å²) in [6.07, 6.45) is 2.41. The number of carbonyl (C=O) groups excluding carboxylic acids is 2. The van der Waals surface area contributed by atoms with Gasteiger partial charge in [0.1, 0.15) is 5.60 Å². The fraction of sp³-hybridized carbons (Fsp3) is 0.750. The number of rotatable bonds is 8. The molecule has 0 bridgehead atoms. The van der Waals surface area contributed by atoms with E-state index in [1.165, 1.54) is 16.2 Å². The van der Waals surface area contributed by atoms with Crippen molar-refractivity contribution in [1.82, 2.24) is 4.98 Å². The third-order valence-electron chi connectivity index (χ3n) is 4.18. The van der Waals surface area contributed by atoms with Crippen LogP contribution in [0.2, 0.25) is 0 Å². The second-order valence-corrected chi connectivity index (χ2v) is 9.65. The highest BCUT2D eigenvalue weighted by Gasteiger charge is 2.28. The molecule has 1 amide bonds. The number of nitrogens with zero attached hydrogens (tertiary/aromatic N) is 2. The number of thiazole rings is 1. The first-order valence-electron chi connectivity index (χ1n) is 10.1. The van der Waals surface area contributed by atoms with Gasteiger partial charge in [0.2, 0.25) is 0 Å². The van der Waals surface area contributed by atoms with Crippen molar-refractivity contribution in [2.45, 2.75) is 71.4 Å². The largest absolute Gasteiger partial charge is 0.461 e. The molecule has 0 N–H and O–H groups in total. The van der Waals surface area contributed by atoms with Gasteiger partial charge < -0.3 is 18.9 Å². The summed E-state index contributed by atoms with van der Waals surface area (Å²) in [7, 11) is 1.57. The summed E-state index contributed by atoms with van der Waals surface area (Å²) in [5, 5.41) is 0.939. The minimum Gasteiger partial charge on any atom is -0.461 e. The van der Waals surface area contributed by atoms with Gasteiger partial charge in [-0.3, -0.25) is 4.90 Å². The van der Waals surface area contributed by atoms with E-state index in [2.05, 4.69) is 20.9 Å². The molecule has 1 saturated heterocycles. The number of halogens is 1. The summed E-state index contributed by atoms with van der Waals surface area (Å²) < 4.78 is 22.3. The summed E-state index contributed by atoms with van der Waals surface area (Å²) in [5.41, 5.74) is -0.434. The van der Waals surface area contributed by atoms with Gasteiger partial charge in [0.05, 0.1) is 12.7 Å². The van der Waals surface area contributed by atoms with Gasteiger partial charge >= 0.3 is 12.1 Å². The monoisotopic (exact) mass is 506 g/mol. The molecule has 2 rings (SSSR count). The van der Waals surface area contributed by atoms with Crippen LogP contribution in [0.5, 0.6) is 0 Å². The molecule has 8 nitrogen and oxygen atoms in total. The second-order valence-electron chi connectivity index (χ2n) is 7.94. The molecule has 1 fully saturated rings. The van der Waals surface area contributed by atoms with Crippen molar-refractivity contribution in [1.29, 1.82) is 0 Å². The Morgan fingerprint density at radius 1 is 1.37 bits per heavy atom. The van der Waals surface area contributed by atoms with Crippen LogP contribution >= 0.6 is 27.3 Å². The van der Waals surface area contributed by atoms with Crippen LogP contribution in [0.3, 0.4) is 0 Å². The number of carbonyl (C=O) groups is 2. The van der Waals surface area contributed by atoms with E-state index in [1.807, 2.05) is 0 Å². The van der Waals surface area contributed by atoms with Crippen molar-refractivity contribution in [2.75, 3.05) is 30.5 Å². The van der Waals surface area contributed by atoms with Crippen LogP contribution in [0.1, 0.15) is 62.3 Å². The summed E-state index contributed by atoms with van der Waals surface area (Å²) in [6.45, 7) is 8.05. The third-order valence-corrected chi connectivity index (χ3v) is 6.05. The Balaban J connectivity index is 2.20. The van der Waals surface area contributed by atoms with Gasteiger partial charge in [-0.1, -0.05) is 15.9 Å². The molecule has 30 heavy (non-hydrogen) atoms. The standard InChI is InChI=1S/C20H31BrN2O6S/c1-6-26-17(24)16-14(11-13(12-21)28-15-9-7-8-10-27-15)30-18(22-16)23(5)19(25)29-20(2,3)4/h13,15H,6-12H2,1-5H3. The predicted molar refractivity (Wildman–Crippen MR) is 119 cm³/mol. The highest BCUT2D eigenvalue weighted by atomic mass is 79.9. The molecule has 0 saturated carbocycles. The van der Waals surface area contributed by atoms with E-state index in [9.17, 15) is 9.59 Å². The third kappa shape index (κ3) is 7.47. The van der Waals surface area contributed by atoms with Gasteiger partial charge in [0, 0.05) is 30.3 Å². The first-order chi connectivity index (χ1) is 14.1. The molecular formula is C20H31BrN2O6S. The van der Waals surface area contributed by atoms with Gasteiger partial charge in [0.15, 0.2) is 17.1 Å². The Hall–Kier alpha value is -1.23. The number of aromatic nitrogens is 1. The Morgan fingerprint density at radius 3 is 2.67 bits per heavy atom. The molecule has 2 atom stereocenters. The van der Waals surface area contributed by atoms with Gasteiger partial charge in [-0.15, -0.1) is 11.3 Å². The molecule has 1 aromatic rings. The average molecular weight is 507 g/mol. The van der Waals surface area contributed by atoms with Gasteiger partial charge in [-0.25, -0.2) is 14.6 Å². The highest BCUT2D eigenvalue weighted by Crippen LogP contribution is 2.30. The Labute approximate surface area is 190 Å². The van der Waals surface area contributed by atoms with Crippen molar-refractivity contribution in [2.24, 2.45) is 0 Å². The molecule has 170 valence electrons. The minimum atomic E-state index is -0.635. The fourth-order valence-corrected chi connectivity index (χ4v) is 4.21. The molecule has 0 aromatic carbocycles. The Morgan fingerprint density at radius 2 is 2.10 bits per heavy atom. The van der Waals surface area contributed by atoms with Crippen molar-refractivity contribution in [3.05, 3.63) is 10.6 Å². The van der Waals surface area contributed by atoms with Crippen LogP contribution in [0.15, 0.2) is 0 Å². The Bertz CT molecular complexity index is 715. The molecule has 2 unspecified atom stereocenters. The van der Waals surface area contributed by atoms with E-state index in [0.717, 1.165) is 19.3 Å². The van der Waals surface area contributed by atoms with Crippen molar-refractivity contribution in [3.8, 4) is 0 Å². The number of ether oxygens (including phenoxy) is 4. The number of esters is 1. The van der Waals surface area contributed by atoms with E-state index in [-0.39, 0.29) is 24.7 Å². The lowest BCUT2D eigenvalue weighted by molar-refractivity contribution is -0.182. The molecule has 2 heterocycles. The first kappa shape index (κ1) is 25.0. The van der Waals surface area contributed by atoms with Crippen LogP contribution < -0.4 is 4.90 Å². The fourth-order valence-electron chi connectivity index (χ4n) is 2.77. The van der Waals surface area contributed by atoms with E-state index < -0.39 is 17.7 Å². The van der Waals surface area contributed by atoms with E-state index >= 15 is 0 Å². The summed E-state index contributed by atoms with van der Waals surface area (Å²) >= 11 is 4.74. The second kappa shape index (κ2) is 11.4. The van der Waals surface area contributed by atoms with E-state index in [1.54, 1.807) is 34.7 Å². The van der Waals surface area contributed by atoms with Crippen LogP contribution in [0.4, 0.5) is 9.93 Å². The SMILES string of the molecule is CCOC(=O)c1nc(N(C)C(=O)OC(C)(C)C)sc1CC(CBr)OC1CCCCO1. The normalized spacial score (nSPS) is 18.0. The maximum absolute atomic E-state index is 12.5. The molecule has 10 heteroatoms. The summed E-state index contributed by atoms with van der Waals surface area (Å²) in [4.78, 5) is 31.3. The zero-order valence-electron chi connectivity index (χ0n) is 18.2. The van der Waals surface area contributed by atoms with Crippen LogP contribution in [0.25, 0.3) is 0 Å². The lowest BCUT2D eigenvalue weighted by Gasteiger charge is -2.26. The first-order valence-corrected chi connectivity index (χ1v) is 12.0. The van der Waals surface area contributed by atoms with Crippen LogP contribution in [-0.4, -0.2) is 60.6 Å². The average Bonchev–Trinajstić information content (AvgIpc) is 3.10. The lowest BCUT2D eigenvalue weighted by Crippen LogP contribution is -2.34. The van der Waals surface area contributed by atoms with Crippen molar-refractivity contribution < 1.29 is 28.5 Å². The molecule has 0 radical (unpaired) electrons. The van der Waals surface area contributed by atoms with Crippen molar-refractivity contribution in [3.63, 3.8) is 0 Å². The zero-order chi connectivity index (χ0) is 22.3. The van der Waals surface area contributed by atoms with E-state index in [0.29, 0.717) is 28.4 Å². The highest BCUT2D eigenvalue weighted by molar-refractivity contribution is 9.09. The van der Waals surface area contributed by atoms with Gasteiger partial charge in [-0.05, 0) is 47.0 Å². The molecule has 1 aromatic heterocycles. The van der Waals surface area contributed by atoms with Crippen molar-refractivity contribution >= 4 is 44.5 Å². The van der Waals surface area contributed by atoms with Gasteiger partial charge in [0.25, 0.3) is 0 Å². The minimum absolute atomic E-state index is 0.200. The number of anilines is 1. The molecule has 1 aliphatic rings. The quantitative estimate of drug-likeness (QED) is 0.377. The zero-order valence-corrected chi connectivity index (χ0v) is 20.6. The predicted octanol–water partition coefficient (Wildman–Crippen LogP) is 4.54. The number of hydrogen-bond acceptors (Lipinski definition) is 8. The number of alkyl halides is 1. The maximum atomic E-state index is 12.5. The smallest absolute Gasteiger partial charge is 0.416 e. The molecule has 0 spiro atoms. The summed E-state index contributed by atoms with van der Waals surface area (Å²) in [6, 6.07) is 0. The molecule has 1 aliphatic heterocycles. The van der Waals surface area contributed by atoms with Gasteiger partial charge in [-0.2, -0.15) is 0 Å². The lowest BCUT2D eigenvalue weighted by atomic mass is 10.2. The van der Waals surface area contributed by atoms with E-state index in [4.69, 9.17) is 18.9 Å². The van der Waals surface area contributed by atoms with Crippen LogP contribution in [0, 0.1) is 0 Å². The maximum Gasteiger partial charge on any atom is 0.416 e. The molecular weight excluding hydrogens is 476 g/mol.